The number of nitrogens with two attached hydrogens (primary N) is 1. The van der Waals surface area contributed by atoms with Crippen molar-refractivity contribution < 1.29 is 0 Å². The molecule has 19 heavy (non-hydrogen) atoms. The minimum atomic E-state index is 0.841. The van der Waals surface area contributed by atoms with Crippen molar-refractivity contribution in [3.8, 4) is 0 Å². The zero-order valence-corrected chi connectivity index (χ0v) is 11.5. The molecule has 0 bridgehead atoms. The Labute approximate surface area is 115 Å². The Morgan fingerprint density at radius 1 is 0.895 bits per heavy atom. The van der Waals surface area contributed by atoms with Crippen LogP contribution >= 0.6 is 0 Å². The molecule has 0 atom stereocenters. The van der Waals surface area contributed by atoms with E-state index in [0.29, 0.717) is 0 Å². The largest absolute Gasteiger partial charge is 0.399 e. The van der Waals surface area contributed by atoms with Gasteiger partial charge in [-0.1, -0.05) is 49.4 Å². The molecule has 0 spiro atoms. The fourth-order valence-electron chi connectivity index (χ4n) is 2.32. The Hall–Kier alpha value is -1.80. The monoisotopic (exact) mass is 254 g/mol. The lowest BCUT2D eigenvalue weighted by Gasteiger charge is -2.22. The highest BCUT2D eigenvalue weighted by atomic mass is 15.1. The summed E-state index contributed by atoms with van der Waals surface area (Å²) in [5.74, 6) is 0. The molecule has 2 aromatic rings. The molecule has 2 rings (SSSR count). The Balaban J connectivity index is 2.04. The van der Waals surface area contributed by atoms with Crippen molar-refractivity contribution in [2.24, 2.45) is 0 Å². The third-order valence-corrected chi connectivity index (χ3v) is 3.15. The van der Waals surface area contributed by atoms with Gasteiger partial charge in [-0.3, -0.25) is 4.90 Å². The van der Waals surface area contributed by atoms with E-state index in [0.717, 1.165) is 31.7 Å². The maximum atomic E-state index is 5.84. The molecule has 0 saturated heterocycles. The molecule has 2 nitrogen and oxygen atoms in total. The summed E-state index contributed by atoms with van der Waals surface area (Å²) in [5.41, 5.74) is 9.33. The summed E-state index contributed by atoms with van der Waals surface area (Å²) in [6, 6.07) is 18.8. The molecule has 100 valence electrons. The Kier molecular flexibility index (Phi) is 4.99. The van der Waals surface area contributed by atoms with Gasteiger partial charge in [0.05, 0.1) is 0 Å². The van der Waals surface area contributed by atoms with Crippen molar-refractivity contribution in [3.63, 3.8) is 0 Å². The van der Waals surface area contributed by atoms with Gasteiger partial charge in [-0.2, -0.15) is 0 Å². The zero-order chi connectivity index (χ0) is 13.5. The molecule has 0 saturated carbocycles. The fraction of sp³-hybridized carbons (Fsp3) is 0.294. The van der Waals surface area contributed by atoms with Crippen LogP contribution in [0, 0.1) is 0 Å². The van der Waals surface area contributed by atoms with Gasteiger partial charge in [0.1, 0.15) is 0 Å². The van der Waals surface area contributed by atoms with Gasteiger partial charge < -0.3 is 5.73 Å². The van der Waals surface area contributed by atoms with Gasteiger partial charge in [0.15, 0.2) is 0 Å². The van der Waals surface area contributed by atoms with Crippen LogP contribution in [0.2, 0.25) is 0 Å². The first-order chi connectivity index (χ1) is 9.28. The third kappa shape index (κ3) is 4.42. The summed E-state index contributed by atoms with van der Waals surface area (Å²) in [6.45, 7) is 5.26. The predicted molar refractivity (Wildman–Crippen MR) is 81.7 cm³/mol. The first-order valence-corrected chi connectivity index (χ1v) is 6.88. The summed E-state index contributed by atoms with van der Waals surface area (Å²) in [4.78, 5) is 2.46. The van der Waals surface area contributed by atoms with Crippen LogP contribution in [-0.2, 0) is 13.1 Å². The van der Waals surface area contributed by atoms with E-state index >= 15 is 0 Å². The van der Waals surface area contributed by atoms with E-state index in [9.17, 15) is 0 Å². The van der Waals surface area contributed by atoms with Crippen LogP contribution in [0.25, 0.3) is 0 Å². The van der Waals surface area contributed by atoms with Gasteiger partial charge in [0, 0.05) is 18.8 Å². The standard InChI is InChI=1S/C17H22N2/c1-2-11-19(13-15-7-4-3-5-8-15)14-16-9-6-10-17(18)12-16/h3-10,12H,2,11,13-14,18H2,1H3. The van der Waals surface area contributed by atoms with Crippen molar-refractivity contribution in [1.29, 1.82) is 0 Å². The molecule has 0 aliphatic carbocycles. The van der Waals surface area contributed by atoms with Gasteiger partial charge in [0.2, 0.25) is 0 Å². The number of nitrogen functional groups attached to an aromatic ring is 1. The molecular weight excluding hydrogens is 232 g/mol. The Morgan fingerprint density at radius 3 is 2.26 bits per heavy atom. The van der Waals surface area contributed by atoms with E-state index in [4.69, 9.17) is 5.73 Å². The maximum Gasteiger partial charge on any atom is 0.0317 e. The van der Waals surface area contributed by atoms with Crippen LogP contribution in [-0.4, -0.2) is 11.4 Å². The highest BCUT2D eigenvalue weighted by molar-refractivity contribution is 5.40. The smallest absolute Gasteiger partial charge is 0.0317 e. The molecule has 0 fully saturated rings. The number of anilines is 1. The molecule has 2 heteroatoms. The summed E-state index contributed by atoms with van der Waals surface area (Å²) in [5, 5.41) is 0. The van der Waals surface area contributed by atoms with Gasteiger partial charge in [-0.15, -0.1) is 0 Å². The second-order valence-corrected chi connectivity index (χ2v) is 4.94. The minimum Gasteiger partial charge on any atom is -0.399 e. The van der Waals surface area contributed by atoms with Crippen LogP contribution in [0.5, 0.6) is 0 Å². The minimum absolute atomic E-state index is 0.841. The fourth-order valence-corrected chi connectivity index (χ4v) is 2.32. The van der Waals surface area contributed by atoms with Crippen LogP contribution in [0.4, 0.5) is 5.69 Å². The molecular formula is C17H22N2. The number of benzene rings is 2. The van der Waals surface area contributed by atoms with Gasteiger partial charge in [-0.05, 0) is 36.2 Å². The zero-order valence-electron chi connectivity index (χ0n) is 11.5. The lowest BCUT2D eigenvalue weighted by atomic mass is 10.1. The maximum absolute atomic E-state index is 5.84. The first-order valence-electron chi connectivity index (χ1n) is 6.88. The van der Waals surface area contributed by atoms with Crippen LogP contribution < -0.4 is 5.73 Å². The summed E-state index contributed by atoms with van der Waals surface area (Å²) >= 11 is 0. The third-order valence-electron chi connectivity index (χ3n) is 3.15. The highest BCUT2D eigenvalue weighted by Crippen LogP contribution is 2.12. The van der Waals surface area contributed by atoms with E-state index in [1.54, 1.807) is 0 Å². The SMILES string of the molecule is CCCN(Cc1ccccc1)Cc1cccc(N)c1. The molecule has 0 amide bonds. The average Bonchev–Trinajstić information content (AvgIpc) is 2.40. The van der Waals surface area contributed by atoms with Gasteiger partial charge >= 0.3 is 0 Å². The number of hydrogen-bond acceptors (Lipinski definition) is 2. The van der Waals surface area contributed by atoms with Crippen molar-refractivity contribution in [1.82, 2.24) is 4.90 Å². The van der Waals surface area contributed by atoms with Crippen LogP contribution in [0.3, 0.4) is 0 Å². The quantitative estimate of drug-likeness (QED) is 0.797. The van der Waals surface area contributed by atoms with E-state index in [1.807, 2.05) is 12.1 Å². The predicted octanol–water partition coefficient (Wildman–Crippen LogP) is 3.68. The molecule has 0 unspecified atom stereocenters. The Bertz CT molecular complexity index is 494. The van der Waals surface area contributed by atoms with Crippen molar-refractivity contribution in [3.05, 3.63) is 65.7 Å². The number of nitrogens with zero attached hydrogens (tertiary/aromatic N) is 1. The topological polar surface area (TPSA) is 29.3 Å². The van der Waals surface area contributed by atoms with Crippen LogP contribution in [0.15, 0.2) is 54.6 Å². The lowest BCUT2D eigenvalue weighted by Crippen LogP contribution is -2.23. The van der Waals surface area contributed by atoms with E-state index in [2.05, 4.69) is 54.3 Å². The molecule has 0 heterocycles. The van der Waals surface area contributed by atoms with E-state index in [1.165, 1.54) is 11.1 Å². The van der Waals surface area contributed by atoms with Crippen LogP contribution in [0.1, 0.15) is 24.5 Å². The molecule has 2 N–H and O–H groups in total. The van der Waals surface area contributed by atoms with Crippen molar-refractivity contribution in [2.75, 3.05) is 12.3 Å². The molecule has 0 aliphatic rings. The number of rotatable bonds is 6. The highest BCUT2D eigenvalue weighted by Gasteiger charge is 2.06. The molecule has 0 aliphatic heterocycles. The van der Waals surface area contributed by atoms with E-state index < -0.39 is 0 Å². The summed E-state index contributed by atoms with van der Waals surface area (Å²) in [6.07, 6.45) is 1.16. The first kappa shape index (κ1) is 13.6. The van der Waals surface area contributed by atoms with Crippen molar-refractivity contribution in [2.45, 2.75) is 26.4 Å². The second kappa shape index (κ2) is 6.95. The lowest BCUT2D eigenvalue weighted by molar-refractivity contribution is 0.257. The Morgan fingerprint density at radius 2 is 1.58 bits per heavy atom. The molecule has 0 aromatic heterocycles. The summed E-state index contributed by atoms with van der Waals surface area (Å²) < 4.78 is 0. The molecule has 2 aromatic carbocycles. The van der Waals surface area contributed by atoms with E-state index in [-0.39, 0.29) is 0 Å². The molecule has 0 radical (unpaired) electrons. The van der Waals surface area contributed by atoms with Crippen molar-refractivity contribution >= 4 is 5.69 Å². The van der Waals surface area contributed by atoms with Gasteiger partial charge in [0.25, 0.3) is 0 Å². The van der Waals surface area contributed by atoms with Gasteiger partial charge in [-0.25, -0.2) is 0 Å². The normalized spacial score (nSPS) is 10.8. The summed E-state index contributed by atoms with van der Waals surface area (Å²) in [7, 11) is 0. The average molecular weight is 254 g/mol. The second-order valence-electron chi connectivity index (χ2n) is 4.94. The number of hydrogen-bond donors (Lipinski definition) is 1.